The molecular formula is C21H34IN5O. The lowest BCUT2D eigenvalue weighted by Crippen LogP contribution is -2.40. The molecule has 2 heterocycles. The number of para-hydroxylation sites is 2. The molecule has 156 valence electrons. The molecule has 1 aliphatic heterocycles. The number of rotatable bonds is 8. The van der Waals surface area contributed by atoms with Gasteiger partial charge < -0.3 is 19.9 Å². The molecule has 7 heteroatoms. The lowest BCUT2D eigenvalue weighted by molar-refractivity contribution is 0.0625. The van der Waals surface area contributed by atoms with E-state index in [9.17, 15) is 0 Å². The van der Waals surface area contributed by atoms with Gasteiger partial charge in [-0.05, 0) is 50.7 Å². The molecule has 6 nitrogen and oxygen atoms in total. The minimum Gasteiger partial charge on any atom is -0.381 e. The fourth-order valence-corrected chi connectivity index (χ4v) is 3.54. The van der Waals surface area contributed by atoms with Crippen LogP contribution in [0.4, 0.5) is 0 Å². The number of aromatic nitrogens is 2. The van der Waals surface area contributed by atoms with Crippen LogP contribution in [0.1, 0.15) is 38.4 Å². The van der Waals surface area contributed by atoms with Gasteiger partial charge in [-0.1, -0.05) is 12.1 Å². The molecule has 0 unspecified atom stereocenters. The molecule has 2 N–H and O–H groups in total. The van der Waals surface area contributed by atoms with E-state index in [0.717, 1.165) is 74.4 Å². The zero-order valence-corrected chi connectivity index (χ0v) is 19.4. The Morgan fingerprint density at radius 1 is 1.32 bits per heavy atom. The standard InChI is InChI=1S/C21H33N5O.HI/c1-3-22-21(26(2)14-10-17-11-15-27-16-12-17)23-13-6-9-20-24-18-7-4-5-8-19(18)25-20;/h4-5,7-8,17H,3,6,9-16H2,1-2H3,(H,22,23)(H,24,25);1H. The summed E-state index contributed by atoms with van der Waals surface area (Å²) in [6, 6.07) is 8.18. The van der Waals surface area contributed by atoms with Gasteiger partial charge in [-0.3, -0.25) is 4.99 Å². The predicted molar refractivity (Wildman–Crippen MR) is 127 cm³/mol. The number of guanidine groups is 1. The predicted octanol–water partition coefficient (Wildman–Crippen LogP) is 3.83. The number of H-pyrrole nitrogens is 1. The molecule has 0 radical (unpaired) electrons. The quantitative estimate of drug-likeness (QED) is 0.251. The number of hydrogen-bond donors (Lipinski definition) is 2. The summed E-state index contributed by atoms with van der Waals surface area (Å²) in [6.07, 6.45) is 5.51. The van der Waals surface area contributed by atoms with E-state index in [1.807, 2.05) is 18.2 Å². The van der Waals surface area contributed by atoms with Crippen molar-refractivity contribution >= 4 is 41.0 Å². The molecule has 0 amide bonds. The van der Waals surface area contributed by atoms with E-state index in [2.05, 4.69) is 40.2 Å². The Labute approximate surface area is 185 Å². The van der Waals surface area contributed by atoms with Crippen LogP contribution < -0.4 is 5.32 Å². The van der Waals surface area contributed by atoms with Crippen molar-refractivity contribution in [1.82, 2.24) is 20.2 Å². The molecular weight excluding hydrogens is 465 g/mol. The number of aryl methyl sites for hydroxylation is 1. The molecule has 0 spiro atoms. The van der Waals surface area contributed by atoms with Crippen LogP contribution in [0, 0.1) is 5.92 Å². The average Bonchev–Trinajstić information content (AvgIpc) is 3.12. The van der Waals surface area contributed by atoms with Gasteiger partial charge in [-0.15, -0.1) is 24.0 Å². The van der Waals surface area contributed by atoms with Crippen LogP contribution >= 0.6 is 24.0 Å². The highest BCUT2D eigenvalue weighted by Gasteiger charge is 2.15. The summed E-state index contributed by atoms with van der Waals surface area (Å²) in [5, 5.41) is 3.42. The number of nitrogens with one attached hydrogen (secondary N) is 2. The molecule has 0 atom stereocenters. The van der Waals surface area contributed by atoms with E-state index in [1.165, 1.54) is 19.3 Å². The molecule has 1 aliphatic rings. The maximum Gasteiger partial charge on any atom is 0.193 e. The topological polar surface area (TPSA) is 65.5 Å². The first-order chi connectivity index (χ1) is 13.3. The summed E-state index contributed by atoms with van der Waals surface area (Å²) in [4.78, 5) is 15.1. The van der Waals surface area contributed by atoms with Gasteiger partial charge in [-0.25, -0.2) is 4.98 Å². The normalized spacial score (nSPS) is 15.4. The van der Waals surface area contributed by atoms with Crippen molar-refractivity contribution in [3.8, 4) is 0 Å². The van der Waals surface area contributed by atoms with Gasteiger partial charge in [0.15, 0.2) is 5.96 Å². The van der Waals surface area contributed by atoms with Crippen LogP contribution in [-0.4, -0.2) is 60.7 Å². The first-order valence-electron chi connectivity index (χ1n) is 10.3. The van der Waals surface area contributed by atoms with Crippen LogP contribution in [0.3, 0.4) is 0 Å². The first kappa shape index (κ1) is 22.9. The summed E-state index contributed by atoms with van der Waals surface area (Å²) in [5.41, 5.74) is 2.15. The number of hydrogen-bond acceptors (Lipinski definition) is 3. The largest absolute Gasteiger partial charge is 0.381 e. The monoisotopic (exact) mass is 499 g/mol. The first-order valence-corrected chi connectivity index (χ1v) is 10.3. The summed E-state index contributed by atoms with van der Waals surface area (Å²) in [5.74, 6) is 2.84. The number of benzene rings is 1. The van der Waals surface area contributed by atoms with Gasteiger partial charge in [0, 0.05) is 46.3 Å². The van der Waals surface area contributed by atoms with Crippen LogP contribution in [0.25, 0.3) is 11.0 Å². The lowest BCUT2D eigenvalue weighted by atomic mass is 9.96. The maximum atomic E-state index is 5.46. The third-order valence-electron chi connectivity index (χ3n) is 5.18. The molecule has 0 aliphatic carbocycles. The van der Waals surface area contributed by atoms with Crippen LogP contribution in [0.2, 0.25) is 0 Å². The molecule has 3 rings (SSSR count). The second-order valence-electron chi connectivity index (χ2n) is 7.31. The van der Waals surface area contributed by atoms with Crippen LogP contribution in [-0.2, 0) is 11.2 Å². The number of halogens is 1. The lowest BCUT2D eigenvalue weighted by Gasteiger charge is -2.26. The number of aliphatic imine (C=N–C) groups is 1. The second kappa shape index (κ2) is 12.3. The van der Waals surface area contributed by atoms with Crippen molar-refractivity contribution < 1.29 is 4.74 Å². The van der Waals surface area contributed by atoms with Crippen molar-refractivity contribution in [3.63, 3.8) is 0 Å². The fourth-order valence-electron chi connectivity index (χ4n) is 3.54. The maximum absolute atomic E-state index is 5.46. The number of imidazole rings is 1. The highest BCUT2D eigenvalue weighted by atomic mass is 127. The molecule has 0 bridgehead atoms. The molecule has 2 aromatic rings. The Morgan fingerprint density at radius 3 is 2.86 bits per heavy atom. The van der Waals surface area contributed by atoms with Gasteiger partial charge >= 0.3 is 0 Å². The van der Waals surface area contributed by atoms with Gasteiger partial charge in [0.25, 0.3) is 0 Å². The Morgan fingerprint density at radius 2 is 2.11 bits per heavy atom. The molecule has 1 fully saturated rings. The van der Waals surface area contributed by atoms with Crippen molar-refractivity contribution in [2.24, 2.45) is 10.9 Å². The summed E-state index contributed by atoms with van der Waals surface area (Å²) in [6.45, 7) is 6.70. The SMILES string of the molecule is CCNC(=NCCCc1nc2ccccc2[nH]1)N(C)CCC1CCOCC1.I. The van der Waals surface area contributed by atoms with Crippen LogP contribution in [0.15, 0.2) is 29.3 Å². The Bertz CT molecular complexity index is 693. The smallest absolute Gasteiger partial charge is 0.193 e. The summed E-state index contributed by atoms with van der Waals surface area (Å²) >= 11 is 0. The molecule has 1 saturated heterocycles. The minimum atomic E-state index is 0. The third kappa shape index (κ3) is 6.92. The highest BCUT2D eigenvalue weighted by molar-refractivity contribution is 14.0. The highest BCUT2D eigenvalue weighted by Crippen LogP contribution is 2.18. The number of aromatic amines is 1. The van der Waals surface area contributed by atoms with E-state index < -0.39 is 0 Å². The Hall–Kier alpha value is -1.35. The van der Waals surface area contributed by atoms with Gasteiger partial charge in [0.05, 0.1) is 11.0 Å². The second-order valence-corrected chi connectivity index (χ2v) is 7.31. The average molecular weight is 499 g/mol. The molecule has 1 aromatic carbocycles. The zero-order valence-electron chi connectivity index (χ0n) is 17.1. The van der Waals surface area contributed by atoms with E-state index in [0.29, 0.717) is 0 Å². The van der Waals surface area contributed by atoms with E-state index >= 15 is 0 Å². The Balaban J connectivity index is 0.00000280. The van der Waals surface area contributed by atoms with Gasteiger partial charge in [-0.2, -0.15) is 0 Å². The van der Waals surface area contributed by atoms with Crippen molar-refractivity contribution in [1.29, 1.82) is 0 Å². The van der Waals surface area contributed by atoms with E-state index in [1.54, 1.807) is 0 Å². The van der Waals surface area contributed by atoms with Crippen LogP contribution in [0.5, 0.6) is 0 Å². The fraction of sp³-hybridized carbons (Fsp3) is 0.619. The molecule has 1 aromatic heterocycles. The van der Waals surface area contributed by atoms with Crippen molar-refractivity contribution in [2.75, 3.05) is 39.9 Å². The molecule has 0 saturated carbocycles. The summed E-state index contributed by atoms with van der Waals surface area (Å²) < 4.78 is 5.46. The number of fused-ring (bicyclic) bond motifs is 1. The minimum absolute atomic E-state index is 0. The number of ether oxygens (including phenoxy) is 1. The van der Waals surface area contributed by atoms with Crippen molar-refractivity contribution in [2.45, 2.75) is 39.0 Å². The molecule has 28 heavy (non-hydrogen) atoms. The van der Waals surface area contributed by atoms with Gasteiger partial charge in [0.2, 0.25) is 0 Å². The summed E-state index contributed by atoms with van der Waals surface area (Å²) in [7, 11) is 2.14. The Kier molecular flexibility index (Phi) is 10.0. The van der Waals surface area contributed by atoms with Gasteiger partial charge in [0.1, 0.15) is 5.82 Å². The number of nitrogens with zero attached hydrogens (tertiary/aromatic N) is 3. The van der Waals surface area contributed by atoms with Crippen molar-refractivity contribution in [3.05, 3.63) is 30.1 Å². The van der Waals surface area contributed by atoms with E-state index in [4.69, 9.17) is 9.73 Å². The van der Waals surface area contributed by atoms with E-state index in [-0.39, 0.29) is 24.0 Å². The zero-order chi connectivity index (χ0) is 18.9. The third-order valence-corrected chi connectivity index (χ3v) is 5.18.